The molecule has 1 aliphatic heterocycles. The Hall–Kier alpha value is -0.660. The van der Waals surface area contributed by atoms with E-state index in [4.69, 9.17) is 9.47 Å². The van der Waals surface area contributed by atoms with Crippen LogP contribution in [0.25, 0.3) is 0 Å². The SMILES string of the molecule is CCOCCOC1CCN(C(=O)c2ccc(I)cc2)CC1. The van der Waals surface area contributed by atoms with Crippen molar-refractivity contribution >= 4 is 28.5 Å². The standard InChI is InChI=1S/C16H22INO3/c1-2-20-11-12-21-15-7-9-18(10-8-15)16(19)13-3-5-14(17)6-4-13/h3-6,15H,2,7-12H2,1H3. The van der Waals surface area contributed by atoms with Gasteiger partial charge in [0, 0.05) is 28.8 Å². The van der Waals surface area contributed by atoms with Crippen molar-refractivity contribution in [2.75, 3.05) is 32.9 Å². The Labute approximate surface area is 139 Å². The Morgan fingerprint density at radius 2 is 1.90 bits per heavy atom. The third-order valence-electron chi connectivity index (χ3n) is 3.61. The molecule has 0 atom stereocenters. The number of carbonyl (C=O) groups is 1. The molecule has 1 fully saturated rings. The van der Waals surface area contributed by atoms with Crippen molar-refractivity contribution in [1.29, 1.82) is 0 Å². The molecule has 1 aromatic rings. The molecule has 116 valence electrons. The van der Waals surface area contributed by atoms with E-state index in [0.29, 0.717) is 13.2 Å². The van der Waals surface area contributed by atoms with Crippen molar-refractivity contribution in [3.63, 3.8) is 0 Å². The molecule has 5 heteroatoms. The second kappa shape index (κ2) is 8.70. The van der Waals surface area contributed by atoms with E-state index in [1.807, 2.05) is 36.1 Å². The highest BCUT2D eigenvalue weighted by molar-refractivity contribution is 14.1. The molecule has 1 aromatic carbocycles. The van der Waals surface area contributed by atoms with Crippen molar-refractivity contribution in [3.8, 4) is 0 Å². The second-order valence-electron chi connectivity index (χ2n) is 5.07. The minimum Gasteiger partial charge on any atom is -0.379 e. The molecule has 0 aliphatic carbocycles. The minimum absolute atomic E-state index is 0.124. The van der Waals surface area contributed by atoms with Gasteiger partial charge in [-0.1, -0.05) is 0 Å². The Bertz CT molecular complexity index is 441. The Balaban J connectivity index is 1.75. The van der Waals surface area contributed by atoms with Crippen LogP contribution in [0.4, 0.5) is 0 Å². The van der Waals surface area contributed by atoms with Gasteiger partial charge in [0.15, 0.2) is 0 Å². The van der Waals surface area contributed by atoms with Crippen molar-refractivity contribution in [3.05, 3.63) is 33.4 Å². The van der Waals surface area contributed by atoms with E-state index in [2.05, 4.69) is 22.6 Å². The predicted molar refractivity (Wildman–Crippen MR) is 90.5 cm³/mol. The largest absolute Gasteiger partial charge is 0.379 e. The Kier molecular flexibility index (Phi) is 6.92. The lowest BCUT2D eigenvalue weighted by Crippen LogP contribution is -2.41. The molecule has 2 rings (SSSR count). The van der Waals surface area contributed by atoms with E-state index in [-0.39, 0.29) is 12.0 Å². The average molecular weight is 403 g/mol. The van der Waals surface area contributed by atoms with E-state index in [1.54, 1.807) is 0 Å². The maximum absolute atomic E-state index is 12.4. The van der Waals surface area contributed by atoms with Crippen LogP contribution in [0.2, 0.25) is 0 Å². The molecular formula is C16H22INO3. The maximum Gasteiger partial charge on any atom is 0.253 e. The molecule has 0 spiro atoms. The lowest BCUT2D eigenvalue weighted by Gasteiger charge is -2.32. The van der Waals surface area contributed by atoms with Crippen LogP contribution >= 0.6 is 22.6 Å². The van der Waals surface area contributed by atoms with Crippen LogP contribution in [0.15, 0.2) is 24.3 Å². The van der Waals surface area contributed by atoms with Gasteiger partial charge in [-0.15, -0.1) is 0 Å². The summed E-state index contributed by atoms with van der Waals surface area (Å²) in [5.74, 6) is 0.124. The second-order valence-corrected chi connectivity index (χ2v) is 6.31. The quantitative estimate of drug-likeness (QED) is 0.542. The molecule has 0 unspecified atom stereocenters. The normalized spacial score (nSPS) is 16.2. The van der Waals surface area contributed by atoms with E-state index in [1.165, 1.54) is 0 Å². The van der Waals surface area contributed by atoms with E-state index in [0.717, 1.165) is 41.7 Å². The number of nitrogens with zero attached hydrogens (tertiary/aromatic N) is 1. The highest BCUT2D eigenvalue weighted by Crippen LogP contribution is 2.17. The van der Waals surface area contributed by atoms with Gasteiger partial charge in [0.05, 0.1) is 19.3 Å². The minimum atomic E-state index is 0.124. The Morgan fingerprint density at radius 1 is 1.24 bits per heavy atom. The van der Waals surface area contributed by atoms with Crippen LogP contribution in [0.1, 0.15) is 30.1 Å². The fraction of sp³-hybridized carbons (Fsp3) is 0.562. The number of likely N-dealkylation sites (tertiary alicyclic amines) is 1. The summed E-state index contributed by atoms with van der Waals surface area (Å²) in [6.45, 7) is 5.54. The van der Waals surface area contributed by atoms with Gasteiger partial charge in [-0.05, 0) is 66.6 Å². The summed E-state index contributed by atoms with van der Waals surface area (Å²) < 4.78 is 12.2. The van der Waals surface area contributed by atoms with Crippen molar-refractivity contribution in [2.24, 2.45) is 0 Å². The maximum atomic E-state index is 12.4. The molecule has 0 aromatic heterocycles. The molecule has 0 N–H and O–H groups in total. The van der Waals surface area contributed by atoms with Crippen molar-refractivity contribution in [2.45, 2.75) is 25.9 Å². The number of ether oxygens (including phenoxy) is 2. The van der Waals surface area contributed by atoms with Crippen molar-refractivity contribution < 1.29 is 14.3 Å². The van der Waals surface area contributed by atoms with Crippen LogP contribution in [0.5, 0.6) is 0 Å². The lowest BCUT2D eigenvalue weighted by atomic mass is 10.1. The molecule has 21 heavy (non-hydrogen) atoms. The topological polar surface area (TPSA) is 38.8 Å². The smallest absolute Gasteiger partial charge is 0.253 e. The van der Waals surface area contributed by atoms with E-state index < -0.39 is 0 Å². The van der Waals surface area contributed by atoms with Gasteiger partial charge in [-0.25, -0.2) is 0 Å². The summed E-state index contributed by atoms with van der Waals surface area (Å²) >= 11 is 2.24. The fourth-order valence-electron chi connectivity index (χ4n) is 2.42. The summed E-state index contributed by atoms with van der Waals surface area (Å²) in [4.78, 5) is 14.3. The van der Waals surface area contributed by atoms with Gasteiger partial charge in [-0.2, -0.15) is 0 Å². The van der Waals surface area contributed by atoms with Crippen LogP contribution < -0.4 is 0 Å². The van der Waals surface area contributed by atoms with Crippen LogP contribution in [-0.2, 0) is 9.47 Å². The monoisotopic (exact) mass is 403 g/mol. The summed E-state index contributed by atoms with van der Waals surface area (Å²) in [5.41, 5.74) is 0.770. The zero-order valence-electron chi connectivity index (χ0n) is 12.4. The summed E-state index contributed by atoms with van der Waals surface area (Å²) in [7, 11) is 0. The van der Waals surface area contributed by atoms with Crippen LogP contribution in [0, 0.1) is 3.57 Å². The fourth-order valence-corrected chi connectivity index (χ4v) is 2.78. The first-order valence-corrected chi connectivity index (χ1v) is 8.52. The first-order valence-electron chi connectivity index (χ1n) is 7.45. The molecular weight excluding hydrogens is 381 g/mol. The number of amides is 1. The molecule has 0 bridgehead atoms. The molecule has 0 radical (unpaired) electrons. The molecule has 1 saturated heterocycles. The van der Waals surface area contributed by atoms with Gasteiger partial charge < -0.3 is 14.4 Å². The number of carbonyl (C=O) groups excluding carboxylic acids is 1. The highest BCUT2D eigenvalue weighted by Gasteiger charge is 2.23. The van der Waals surface area contributed by atoms with Gasteiger partial charge in [-0.3, -0.25) is 4.79 Å². The molecule has 1 amide bonds. The number of hydrogen-bond acceptors (Lipinski definition) is 3. The number of halogens is 1. The zero-order chi connectivity index (χ0) is 15.1. The van der Waals surface area contributed by atoms with Crippen LogP contribution in [0.3, 0.4) is 0 Å². The zero-order valence-corrected chi connectivity index (χ0v) is 14.5. The van der Waals surface area contributed by atoms with E-state index in [9.17, 15) is 4.79 Å². The van der Waals surface area contributed by atoms with Gasteiger partial charge >= 0.3 is 0 Å². The van der Waals surface area contributed by atoms with Gasteiger partial charge in [0.25, 0.3) is 5.91 Å². The van der Waals surface area contributed by atoms with Crippen molar-refractivity contribution in [1.82, 2.24) is 4.90 Å². The average Bonchev–Trinajstić information content (AvgIpc) is 2.52. The summed E-state index contributed by atoms with van der Waals surface area (Å²) in [6.07, 6.45) is 2.07. The number of rotatable bonds is 6. The summed E-state index contributed by atoms with van der Waals surface area (Å²) in [5, 5.41) is 0. The van der Waals surface area contributed by atoms with Crippen LogP contribution in [-0.4, -0.2) is 49.8 Å². The third kappa shape index (κ3) is 5.23. The predicted octanol–water partition coefficient (Wildman–Crippen LogP) is 2.95. The van der Waals surface area contributed by atoms with Gasteiger partial charge in [0.1, 0.15) is 0 Å². The third-order valence-corrected chi connectivity index (χ3v) is 4.32. The molecule has 1 aliphatic rings. The highest BCUT2D eigenvalue weighted by atomic mass is 127. The molecule has 1 heterocycles. The Morgan fingerprint density at radius 3 is 2.52 bits per heavy atom. The number of hydrogen-bond donors (Lipinski definition) is 0. The first kappa shape index (κ1) is 16.7. The lowest BCUT2D eigenvalue weighted by molar-refractivity contribution is -0.0182. The first-order chi connectivity index (χ1) is 10.2. The van der Waals surface area contributed by atoms with E-state index >= 15 is 0 Å². The molecule has 0 saturated carbocycles. The number of piperidine rings is 1. The number of benzene rings is 1. The van der Waals surface area contributed by atoms with Gasteiger partial charge in [0.2, 0.25) is 0 Å². The summed E-state index contributed by atoms with van der Waals surface area (Å²) in [6, 6.07) is 7.73. The molecule has 4 nitrogen and oxygen atoms in total.